The highest BCUT2D eigenvalue weighted by Crippen LogP contribution is 2.40. The van der Waals surface area contributed by atoms with Gasteiger partial charge in [-0.1, -0.05) is 116 Å². The summed E-state index contributed by atoms with van der Waals surface area (Å²) in [5.41, 5.74) is 11.7. The van der Waals surface area contributed by atoms with Gasteiger partial charge in [0.1, 0.15) is 11.3 Å². The van der Waals surface area contributed by atoms with Crippen LogP contribution in [0.2, 0.25) is 0 Å². The van der Waals surface area contributed by atoms with Crippen LogP contribution in [0.4, 0.5) is 5.69 Å². The van der Waals surface area contributed by atoms with Crippen LogP contribution in [0.1, 0.15) is 83.6 Å². The average molecular weight is 621 g/mol. The lowest BCUT2D eigenvalue weighted by atomic mass is 9.84. The number of rotatable bonds is 6. The molecule has 0 saturated heterocycles. The Bertz CT molecular complexity index is 2100. The largest absolute Gasteiger partial charge is 0.507 e. The van der Waals surface area contributed by atoms with Crippen LogP contribution in [0, 0.1) is 0 Å². The fraction of sp³-hybridized carbons (Fsp3) is 0.256. The van der Waals surface area contributed by atoms with E-state index in [1.807, 2.05) is 36.4 Å². The summed E-state index contributed by atoms with van der Waals surface area (Å²) < 4.78 is 6.55. The van der Waals surface area contributed by atoms with Gasteiger partial charge in [0.2, 0.25) is 5.89 Å². The molecule has 0 aliphatic heterocycles. The fourth-order valence-corrected chi connectivity index (χ4v) is 5.77. The molecule has 0 saturated carbocycles. The number of phenols is 1. The van der Waals surface area contributed by atoms with E-state index in [0.29, 0.717) is 23.1 Å². The monoisotopic (exact) mass is 620 g/mol. The number of aliphatic imine (C=N–C) groups is 1. The van der Waals surface area contributed by atoms with Crippen LogP contribution in [-0.4, -0.2) is 16.3 Å². The number of benzene rings is 5. The van der Waals surface area contributed by atoms with E-state index >= 15 is 0 Å². The zero-order chi connectivity index (χ0) is 33.5. The maximum absolute atomic E-state index is 10.6. The lowest BCUT2D eigenvalue weighted by Crippen LogP contribution is -2.11. The zero-order valence-corrected chi connectivity index (χ0v) is 28.7. The maximum atomic E-state index is 10.6. The molecule has 0 aliphatic rings. The van der Waals surface area contributed by atoms with E-state index in [0.717, 1.165) is 33.4 Å². The van der Waals surface area contributed by atoms with E-state index in [1.165, 1.54) is 22.3 Å². The highest BCUT2D eigenvalue weighted by molar-refractivity contribution is 5.95. The van der Waals surface area contributed by atoms with Gasteiger partial charge in [0.25, 0.3) is 0 Å². The zero-order valence-electron chi connectivity index (χ0n) is 28.7. The molecule has 0 aliphatic carbocycles. The second kappa shape index (κ2) is 12.3. The first kappa shape index (κ1) is 32.0. The summed E-state index contributed by atoms with van der Waals surface area (Å²) in [6.45, 7) is 17.6. The van der Waals surface area contributed by atoms with E-state index in [4.69, 9.17) is 14.4 Å². The molecule has 0 amide bonds. The molecule has 6 rings (SSSR count). The third kappa shape index (κ3) is 6.78. The van der Waals surface area contributed by atoms with E-state index in [-0.39, 0.29) is 16.6 Å². The van der Waals surface area contributed by atoms with Crippen LogP contribution < -0.4 is 0 Å². The van der Waals surface area contributed by atoms with Crippen LogP contribution in [0.3, 0.4) is 0 Å². The summed E-state index contributed by atoms with van der Waals surface area (Å²) in [4.78, 5) is 9.94. The van der Waals surface area contributed by atoms with E-state index in [1.54, 1.807) is 12.3 Å². The molecular weight excluding hydrogens is 576 g/mol. The SMILES string of the molecule is CC(C)c1cccc(-c2cccc(-c3cc(C(C)(C)C)cc4oc(-c5ccccc5N=Cc5cc(C(C)(C)C)ccc5O)nc34)c2)c1. The van der Waals surface area contributed by atoms with Crippen molar-refractivity contribution in [3.05, 3.63) is 125 Å². The Hall–Kier alpha value is -4.96. The number of para-hydroxylation sites is 1. The van der Waals surface area contributed by atoms with Gasteiger partial charge in [-0.2, -0.15) is 0 Å². The van der Waals surface area contributed by atoms with E-state index in [9.17, 15) is 5.11 Å². The summed E-state index contributed by atoms with van der Waals surface area (Å²) in [6.07, 6.45) is 1.72. The Morgan fingerprint density at radius 2 is 1.36 bits per heavy atom. The number of phenolic OH excluding ortho intramolecular Hbond substituents is 1. The molecule has 238 valence electrons. The van der Waals surface area contributed by atoms with E-state index < -0.39 is 0 Å². The van der Waals surface area contributed by atoms with Crippen LogP contribution in [0.5, 0.6) is 5.75 Å². The van der Waals surface area contributed by atoms with Crippen molar-refractivity contribution >= 4 is 23.0 Å². The molecular formula is C43H44N2O2. The van der Waals surface area contributed by atoms with Crippen molar-refractivity contribution in [1.29, 1.82) is 0 Å². The molecule has 0 bridgehead atoms. The summed E-state index contributed by atoms with van der Waals surface area (Å²) in [5, 5.41) is 10.6. The minimum Gasteiger partial charge on any atom is -0.507 e. The topological polar surface area (TPSA) is 58.6 Å². The second-order valence-electron chi connectivity index (χ2n) is 14.8. The average Bonchev–Trinajstić information content (AvgIpc) is 3.47. The minimum atomic E-state index is -0.0924. The van der Waals surface area contributed by atoms with Gasteiger partial charge in [-0.05, 0) is 92.6 Å². The van der Waals surface area contributed by atoms with Gasteiger partial charge in [0.05, 0.1) is 11.3 Å². The summed E-state index contributed by atoms with van der Waals surface area (Å²) in [6, 6.07) is 35.4. The predicted molar refractivity (Wildman–Crippen MR) is 197 cm³/mol. The van der Waals surface area contributed by atoms with Gasteiger partial charge >= 0.3 is 0 Å². The highest BCUT2D eigenvalue weighted by Gasteiger charge is 2.22. The number of nitrogens with zero attached hydrogens (tertiary/aromatic N) is 2. The predicted octanol–water partition coefficient (Wildman–Crippen LogP) is 12.0. The summed E-state index contributed by atoms with van der Waals surface area (Å²) >= 11 is 0. The Labute approximate surface area is 278 Å². The Morgan fingerprint density at radius 1 is 0.681 bits per heavy atom. The summed E-state index contributed by atoms with van der Waals surface area (Å²) in [7, 11) is 0. The second-order valence-corrected chi connectivity index (χ2v) is 14.8. The van der Waals surface area contributed by atoms with Gasteiger partial charge in [0, 0.05) is 17.3 Å². The first-order valence-corrected chi connectivity index (χ1v) is 16.4. The number of aromatic nitrogens is 1. The van der Waals surface area contributed by atoms with Crippen molar-refractivity contribution in [2.24, 2.45) is 4.99 Å². The maximum Gasteiger partial charge on any atom is 0.229 e. The van der Waals surface area contributed by atoms with Crippen molar-refractivity contribution in [2.75, 3.05) is 0 Å². The molecule has 6 aromatic rings. The standard InChI is InChI=1S/C43H44N2O2/c1-27(2)28-13-11-14-29(21-28)30-15-12-16-31(22-30)36-24-34(43(6,7)8)25-39-40(36)45-41(47-39)35-17-9-10-18-37(35)44-26-32-23-33(42(3,4)5)19-20-38(32)46/h9-27,46H,1-8H3. The molecule has 0 atom stereocenters. The molecule has 0 radical (unpaired) electrons. The smallest absolute Gasteiger partial charge is 0.229 e. The summed E-state index contributed by atoms with van der Waals surface area (Å²) in [5.74, 6) is 1.16. The van der Waals surface area contributed by atoms with Crippen molar-refractivity contribution < 1.29 is 9.52 Å². The minimum absolute atomic E-state index is 0.0480. The molecule has 0 spiro atoms. The number of oxazole rings is 1. The van der Waals surface area contributed by atoms with Crippen LogP contribution in [0.15, 0.2) is 113 Å². The lowest BCUT2D eigenvalue weighted by Gasteiger charge is -2.20. The van der Waals surface area contributed by atoms with Crippen molar-refractivity contribution in [1.82, 2.24) is 4.98 Å². The Balaban J connectivity index is 1.46. The molecule has 1 N–H and O–H groups in total. The van der Waals surface area contributed by atoms with Gasteiger partial charge in [-0.15, -0.1) is 0 Å². The van der Waals surface area contributed by atoms with Gasteiger partial charge in [-0.25, -0.2) is 4.98 Å². The number of aromatic hydroxyl groups is 1. The third-order valence-electron chi connectivity index (χ3n) is 8.79. The highest BCUT2D eigenvalue weighted by atomic mass is 16.3. The third-order valence-corrected chi connectivity index (χ3v) is 8.79. The molecule has 47 heavy (non-hydrogen) atoms. The number of fused-ring (bicyclic) bond motifs is 1. The Morgan fingerprint density at radius 3 is 2.09 bits per heavy atom. The van der Waals surface area contributed by atoms with Crippen molar-refractivity contribution in [3.8, 4) is 39.5 Å². The Kier molecular flexibility index (Phi) is 8.40. The van der Waals surface area contributed by atoms with Crippen LogP contribution in [-0.2, 0) is 10.8 Å². The van der Waals surface area contributed by atoms with Gasteiger partial charge < -0.3 is 9.52 Å². The normalized spacial score (nSPS) is 12.4. The van der Waals surface area contributed by atoms with Crippen LogP contribution >= 0.6 is 0 Å². The molecule has 4 nitrogen and oxygen atoms in total. The quantitative estimate of drug-likeness (QED) is 0.188. The van der Waals surface area contributed by atoms with E-state index in [2.05, 4.69) is 116 Å². The lowest BCUT2D eigenvalue weighted by molar-refractivity contribution is 0.473. The molecule has 1 heterocycles. The number of hydrogen-bond acceptors (Lipinski definition) is 4. The van der Waals surface area contributed by atoms with Crippen molar-refractivity contribution in [3.63, 3.8) is 0 Å². The van der Waals surface area contributed by atoms with Gasteiger partial charge in [-0.3, -0.25) is 4.99 Å². The van der Waals surface area contributed by atoms with Gasteiger partial charge in [0.15, 0.2) is 5.58 Å². The molecule has 0 unspecified atom stereocenters. The first-order valence-electron chi connectivity index (χ1n) is 16.4. The molecule has 0 fully saturated rings. The number of hydrogen-bond donors (Lipinski definition) is 1. The van der Waals surface area contributed by atoms with Crippen molar-refractivity contribution in [2.45, 2.75) is 72.1 Å². The fourth-order valence-electron chi connectivity index (χ4n) is 5.77. The van der Waals surface area contributed by atoms with Crippen LogP contribution in [0.25, 0.3) is 44.8 Å². The molecule has 4 heteroatoms. The first-order chi connectivity index (χ1) is 22.3. The molecule has 1 aromatic heterocycles. The molecule has 5 aromatic carbocycles.